The van der Waals surface area contributed by atoms with Crippen LogP contribution in [-0.4, -0.2) is 52.7 Å². The Balaban J connectivity index is 1.50. The van der Waals surface area contributed by atoms with E-state index in [4.69, 9.17) is 4.74 Å². The smallest absolute Gasteiger partial charge is 0.125 e. The van der Waals surface area contributed by atoms with Crippen LogP contribution in [0.15, 0.2) is 30.7 Å². The number of ether oxygens (including phenoxy) is 1. The number of nitrogens with zero attached hydrogens (tertiary/aromatic N) is 4. The Kier molecular flexibility index (Phi) is 5.72. The highest BCUT2D eigenvalue weighted by Crippen LogP contribution is 2.15. The van der Waals surface area contributed by atoms with Crippen molar-refractivity contribution in [1.82, 2.24) is 19.9 Å². The minimum atomic E-state index is 0.267. The number of hydrogen-bond donors (Lipinski definition) is 1. The largest absolute Gasteiger partial charge is 0.376 e. The van der Waals surface area contributed by atoms with Crippen LogP contribution < -0.4 is 5.32 Å². The van der Waals surface area contributed by atoms with Gasteiger partial charge in [-0.15, -0.1) is 0 Å². The van der Waals surface area contributed by atoms with Crippen LogP contribution >= 0.6 is 0 Å². The van der Waals surface area contributed by atoms with Crippen LogP contribution in [0.1, 0.15) is 23.4 Å². The van der Waals surface area contributed by atoms with Crippen LogP contribution in [0.3, 0.4) is 0 Å². The molecule has 3 rings (SSSR count). The minimum Gasteiger partial charge on any atom is -0.376 e. The molecule has 0 radical (unpaired) electrons. The van der Waals surface area contributed by atoms with Crippen LogP contribution in [0.25, 0.3) is 0 Å². The van der Waals surface area contributed by atoms with Crippen LogP contribution in [-0.2, 0) is 17.7 Å². The second kappa shape index (κ2) is 8.17. The Morgan fingerprint density at radius 1 is 1.29 bits per heavy atom. The summed E-state index contributed by atoms with van der Waals surface area (Å²) in [4.78, 5) is 15.4. The molecular formula is C18H25N5O. The van der Waals surface area contributed by atoms with Gasteiger partial charge in [-0.25, -0.2) is 4.98 Å². The van der Waals surface area contributed by atoms with Gasteiger partial charge in [0.25, 0.3) is 0 Å². The number of rotatable bonds is 6. The van der Waals surface area contributed by atoms with Gasteiger partial charge in [0, 0.05) is 45.3 Å². The van der Waals surface area contributed by atoms with E-state index in [1.165, 1.54) is 5.56 Å². The van der Waals surface area contributed by atoms with Gasteiger partial charge in [-0.05, 0) is 37.5 Å². The van der Waals surface area contributed by atoms with Crippen molar-refractivity contribution in [3.8, 4) is 0 Å². The highest BCUT2D eigenvalue weighted by Gasteiger charge is 2.20. The lowest BCUT2D eigenvalue weighted by Gasteiger charge is -2.32. The molecule has 0 unspecified atom stereocenters. The van der Waals surface area contributed by atoms with Crippen molar-refractivity contribution < 1.29 is 4.74 Å². The van der Waals surface area contributed by atoms with Crippen molar-refractivity contribution >= 4 is 5.82 Å². The molecule has 2 aromatic rings. The molecule has 2 aromatic heterocycles. The summed E-state index contributed by atoms with van der Waals surface area (Å²) in [7, 11) is 1.89. The van der Waals surface area contributed by atoms with Crippen molar-refractivity contribution in [2.45, 2.75) is 32.4 Å². The third kappa shape index (κ3) is 4.72. The van der Waals surface area contributed by atoms with Crippen LogP contribution in [0.5, 0.6) is 0 Å². The SMILES string of the molecule is CNc1cc(CC[C@H]2CN(Cc3cnc(C)cn3)CCO2)ccn1. The summed E-state index contributed by atoms with van der Waals surface area (Å²) < 4.78 is 5.93. The first-order valence-corrected chi connectivity index (χ1v) is 8.47. The van der Waals surface area contributed by atoms with Gasteiger partial charge in [0.1, 0.15) is 5.82 Å². The summed E-state index contributed by atoms with van der Waals surface area (Å²) in [6.45, 7) is 5.47. The summed E-state index contributed by atoms with van der Waals surface area (Å²) in [5.41, 5.74) is 3.27. The van der Waals surface area contributed by atoms with Crippen LogP contribution in [0, 0.1) is 6.92 Å². The maximum absolute atomic E-state index is 5.93. The molecule has 0 amide bonds. The van der Waals surface area contributed by atoms with Gasteiger partial charge in [-0.3, -0.25) is 14.9 Å². The van der Waals surface area contributed by atoms with E-state index in [-0.39, 0.29) is 6.10 Å². The molecular weight excluding hydrogens is 302 g/mol. The minimum absolute atomic E-state index is 0.267. The van der Waals surface area contributed by atoms with Gasteiger partial charge >= 0.3 is 0 Å². The van der Waals surface area contributed by atoms with Crippen molar-refractivity contribution in [2.24, 2.45) is 0 Å². The van der Waals surface area contributed by atoms with Crippen molar-refractivity contribution in [3.05, 3.63) is 47.7 Å². The molecule has 24 heavy (non-hydrogen) atoms. The Morgan fingerprint density at radius 2 is 2.21 bits per heavy atom. The molecule has 1 saturated heterocycles. The second-order valence-corrected chi connectivity index (χ2v) is 6.22. The molecule has 1 atom stereocenters. The van der Waals surface area contributed by atoms with E-state index in [0.29, 0.717) is 0 Å². The number of pyridine rings is 1. The molecule has 128 valence electrons. The van der Waals surface area contributed by atoms with E-state index in [0.717, 1.165) is 56.3 Å². The summed E-state index contributed by atoms with van der Waals surface area (Å²) in [5, 5.41) is 3.08. The van der Waals surface area contributed by atoms with Gasteiger partial charge in [-0.2, -0.15) is 0 Å². The van der Waals surface area contributed by atoms with E-state index >= 15 is 0 Å². The van der Waals surface area contributed by atoms with Crippen molar-refractivity contribution in [2.75, 3.05) is 32.1 Å². The lowest BCUT2D eigenvalue weighted by Crippen LogP contribution is -2.42. The first kappa shape index (κ1) is 16.8. The normalized spacial score (nSPS) is 18.5. The number of hydrogen-bond acceptors (Lipinski definition) is 6. The van der Waals surface area contributed by atoms with E-state index in [1.54, 1.807) is 0 Å². The number of aromatic nitrogens is 3. The molecule has 0 aliphatic carbocycles. The average Bonchev–Trinajstić information content (AvgIpc) is 2.62. The lowest BCUT2D eigenvalue weighted by molar-refractivity contribution is -0.0349. The summed E-state index contributed by atoms with van der Waals surface area (Å²) in [5.74, 6) is 0.914. The topological polar surface area (TPSA) is 63.2 Å². The first-order chi connectivity index (χ1) is 11.7. The lowest BCUT2D eigenvalue weighted by atomic mass is 10.1. The molecule has 0 saturated carbocycles. The highest BCUT2D eigenvalue weighted by molar-refractivity contribution is 5.36. The molecule has 1 aliphatic heterocycles. The maximum Gasteiger partial charge on any atom is 0.125 e. The predicted octanol–water partition coefficient (Wildman–Crippen LogP) is 2.06. The van der Waals surface area contributed by atoms with E-state index in [9.17, 15) is 0 Å². The van der Waals surface area contributed by atoms with Crippen molar-refractivity contribution in [1.29, 1.82) is 0 Å². The zero-order chi connectivity index (χ0) is 16.8. The Hall–Kier alpha value is -2.05. The molecule has 6 heteroatoms. The fourth-order valence-electron chi connectivity index (χ4n) is 2.92. The molecule has 0 aromatic carbocycles. The molecule has 0 spiro atoms. The highest BCUT2D eigenvalue weighted by atomic mass is 16.5. The standard InChI is InChI=1S/C18H25N5O/c1-14-10-22-16(11-21-14)12-23-7-8-24-17(13-23)4-3-15-5-6-20-18(9-15)19-2/h5-6,9-11,17H,3-4,7-8,12-13H2,1-2H3,(H,19,20)/t17-/m0/s1. The zero-order valence-corrected chi connectivity index (χ0v) is 14.4. The molecule has 3 heterocycles. The fraction of sp³-hybridized carbons (Fsp3) is 0.500. The van der Waals surface area contributed by atoms with Gasteiger partial charge in [0.05, 0.1) is 24.1 Å². The van der Waals surface area contributed by atoms with Gasteiger partial charge in [-0.1, -0.05) is 0 Å². The third-order valence-electron chi connectivity index (χ3n) is 4.28. The Morgan fingerprint density at radius 3 is 3.00 bits per heavy atom. The maximum atomic E-state index is 5.93. The van der Waals surface area contributed by atoms with Crippen LogP contribution in [0.4, 0.5) is 5.82 Å². The quantitative estimate of drug-likeness (QED) is 0.876. The zero-order valence-electron chi connectivity index (χ0n) is 14.4. The summed E-state index contributed by atoms with van der Waals surface area (Å²) >= 11 is 0. The average molecular weight is 327 g/mol. The third-order valence-corrected chi connectivity index (χ3v) is 4.28. The first-order valence-electron chi connectivity index (χ1n) is 8.47. The fourth-order valence-corrected chi connectivity index (χ4v) is 2.92. The van der Waals surface area contributed by atoms with E-state index in [1.807, 2.05) is 32.6 Å². The summed E-state index contributed by atoms with van der Waals surface area (Å²) in [6, 6.07) is 4.17. The Bertz CT molecular complexity index is 646. The van der Waals surface area contributed by atoms with Gasteiger partial charge in [0.15, 0.2) is 0 Å². The molecule has 1 N–H and O–H groups in total. The van der Waals surface area contributed by atoms with Crippen molar-refractivity contribution in [3.63, 3.8) is 0 Å². The molecule has 6 nitrogen and oxygen atoms in total. The van der Waals surface area contributed by atoms with Crippen LogP contribution in [0.2, 0.25) is 0 Å². The van der Waals surface area contributed by atoms with Gasteiger partial charge < -0.3 is 10.1 Å². The molecule has 0 bridgehead atoms. The van der Waals surface area contributed by atoms with E-state index in [2.05, 4.69) is 37.3 Å². The number of morpholine rings is 1. The molecule has 1 fully saturated rings. The molecule has 1 aliphatic rings. The predicted molar refractivity (Wildman–Crippen MR) is 93.9 cm³/mol. The Labute approximate surface area is 143 Å². The van der Waals surface area contributed by atoms with Gasteiger partial charge in [0.2, 0.25) is 0 Å². The number of aryl methyl sites for hydroxylation is 2. The second-order valence-electron chi connectivity index (χ2n) is 6.22. The number of anilines is 1. The van der Waals surface area contributed by atoms with E-state index < -0.39 is 0 Å². The number of nitrogens with one attached hydrogen (secondary N) is 1. The monoisotopic (exact) mass is 327 g/mol. The summed E-state index contributed by atoms with van der Waals surface area (Å²) in [6.07, 6.45) is 7.84.